The Hall–Kier alpha value is -2.30. The highest BCUT2D eigenvalue weighted by molar-refractivity contribution is 6.11. The average molecular weight is 259 g/mol. The van der Waals surface area contributed by atoms with Gasteiger partial charge < -0.3 is 10.5 Å². The molecule has 0 aliphatic heterocycles. The van der Waals surface area contributed by atoms with Gasteiger partial charge in [0, 0.05) is 12.6 Å². The van der Waals surface area contributed by atoms with Gasteiger partial charge in [-0.3, -0.25) is 9.48 Å². The minimum absolute atomic E-state index is 0.132. The molecule has 0 fully saturated rings. The molecule has 2 rings (SSSR count). The van der Waals surface area contributed by atoms with Gasteiger partial charge in [0.1, 0.15) is 11.6 Å². The third kappa shape index (κ3) is 2.76. The monoisotopic (exact) mass is 259 g/mol. The fourth-order valence-corrected chi connectivity index (χ4v) is 1.70. The Morgan fingerprint density at radius 3 is 2.58 bits per heavy atom. The van der Waals surface area contributed by atoms with E-state index in [1.54, 1.807) is 31.3 Å². The number of carbonyl (C=O) groups is 1. The van der Waals surface area contributed by atoms with E-state index in [9.17, 15) is 4.79 Å². The van der Waals surface area contributed by atoms with Crippen molar-refractivity contribution in [1.29, 1.82) is 0 Å². The Labute approximate surface area is 112 Å². The number of nitrogen functional groups attached to an aromatic ring is 1. The van der Waals surface area contributed by atoms with Gasteiger partial charge in [0.25, 0.3) is 0 Å². The summed E-state index contributed by atoms with van der Waals surface area (Å²) in [5, 5.41) is 3.97. The highest BCUT2D eigenvalue weighted by Crippen LogP contribution is 2.18. The lowest BCUT2D eigenvalue weighted by atomic mass is 10.1. The Morgan fingerprint density at radius 1 is 1.37 bits per heavy atom. The zero-order chi connectivity index (χ0) is 13.8. The van der Waals surface area contributed by atoms with Crippen LogP contribution in [-0.2, 0) is 7.05 Å². The molecule has 19 heavy (non-hydrogen) atoms. The second kappa shape index (κ2) is 5.56. The van der Waals surface area contributed by atoms with Gasteiger partial charge in [0.05, 0.1) is 18.4 Å². The number of benzene rings is 1. The fraction of sp³-hybridized carbons (Fsp3) is 0.286. The first-order valence-corrected chi connectivity index (χ1v) is 6.18. The minimum Gasteiger partial charge on any atom is -0.494 e. The van der Waals surface area contributed by atoms with Gasteiger partial charge in [0.2, 0.25) is 0 Å². The Balaban J connectivity index is 2.18. The molecule has 0 aliphatic rings. The molecule has 0 unspecified atom stereocenters. The first kappa shape index (κ1) is 13.1. The second-order valence-electron chi connectivity index (χ2n) is 4.27. The van der Waals surface area contributed by atoms with E-state index in [1.165, 1.54) is 10.9 Å². The number of nitrogens with two attached hydrogens (primary N) is 1. The molecule has 0 aliphatic carbocycles. The number of ether oxygens (including phenoxy) is 1. The van der Waals surface area contributed by atoms with Crippen LogP contribution in [0.4, 0.5) is 5.82 Å². The molecule has 1 heterocycles. The third-order valence-corrected chi connectivity index (χ3v) is 2.82. The minimum atomic E-state index is -0.132. The van der Waals surface area contributed by atoms with Crippen molar-refractivity contribution in [2.75, 3.05) is 12.3 Å². The van der Waals surface area contributed by atoms with Crippen molar-refractivity contribution in [3.63, 3.8) is 0 Å². The van der Waals surface area contributed by atoms with E-state index in [4.69, 9.17) is 10.5 Å². The van der Waals surface area contributed by atoms with Crippen molar-refractivity contribution in [2.24, 2.45) is 7.05 Å². The van der Waals surface area contributed by atoms with Gasteiger partial charge >= 0.3 is 0 Å². The van der Waals surface area contributed by atoms with Crippen LogP contribution in [0, 0.1) is 0 Å². The molecule has 0 radical (unpaired) electrons. The van der Waals surface area contributed by atoms with Crippen molar-refractivity contribution in [3.8, 4) is 5.75 Å². The van der Waals surface area contributed by atoms with E-state index in [0.29, 0.717) is 23.6 Å². The average Bonchev–Trinajstić information content (AvgIpc) is 2.76. The van der Waals surface area contributed by atoms with E-state index in [-0.39, 0.29) is 5.78 Å². The van der Waals surface area contributed by atoms with Gasteiger partial charge in [-0.1, -0.05) is 6.92 Å². The standard InChI is InChI=1S/C14H17N3O2/c1-3-8-19-11-6-4-10(5-7-11)13(18)12-9-16-17(2)14(12)15/h4-7,9H,3,8,15H2,1-2H3. The number of carbonyl (C=O) groups excluding carboxylic acids is 1. The second-order valence-corrected chi connectivity index (χ2v) is 4.27. The van der Waals surface area contributed by atoms with Crippen molar-refractivity contribution in [3.05, 3.63) is 41.6 Å². The van der Waals surface area contributed by atoms with E-state index >= 15 is 0 Å². The molecule has 0 amide bonds. The molecule has 1 aromatic carbocycles. The number of aryl methyl sites for hydroxylation is 1. The molecule has 2 aromatic rings. The Bertz CT molecular complexity index is 573. The normalized spacial score (nSPS) is 10.4. The summed E-state index contributed by atoms with van der Waals surface area (Å²) in [6.45, 7) is 2.71. The van der Waals surface area contributed by atoms with Gasteiger partial charge in [-0.25, -0.2) is 0 Å². The summed E-state index contributed by atoms with van der Waals surface area (Å²) in [6, 6.07) is 7.05. The highest BCUT2D eigenvalue weighted by Gasteiger charge is 2.15. The maximum Gasteiger partial charge on any atom is 0.198 e. The van der Waals surface area contributed by atoms with Crippen molar-refractivity contribution >= 4 is 11.6 Å². The number of aromatic nitrogens is 2. The molecule has 0 bridgehead atoms. The smallest absolute Gasteiger partial charge is 0.198 e. The Morgan fingerprint density at radius 2 is 2.05 bits per heavy atom. The third-order valence-electron chi connectivity index (χ3n) is 2.82. The topological polar surface area (TPSA) is 70.1 Å². The van der Waals surface area contributed by atoms with Crippen molar-refractivity contribution in [2.45, 2.75) is 13.3 Å². The summed E-state index contributed by atoms with van der Waals surface area (Å²) in [6.07, 6.45) is 2.44. The first-order chi connectivity index (χ1) is 9.13. The Kier molecular flexibility index (Phi) is 3.85. The fourth-order valence-electron chi connectivity index (χ4n) is 1.70. The van der Waals surface area contributed by atoms with Crippen LogP contribution in [0.15, 0.2) is 30.5 Å². The number of ketones is 1. The summed E-state index contributed by atoms with van der Waals surface area (Å²) in [5.41, 5.74) is 6.79. The highest BCUT2D eigenvalue weighted by atomic mass is 16.5. The van der Waals surface area contributed by atoms with E-state index < -0.39 is 0 Å². The zero-order valence-corrected chi connectivity index (χ0v) is 11.1. The molecule has 0 saturated carbocycles. The summed E-state index contributed by atoms with van der Waals surface area (Å²) in [7, 11) is 1.70. The van der Waals surface area contributed by atoms with E-state index in [1.807, 2.05) is 6.92 Å². The lowest BCUT2D eigenvalue weighted by Crippen LogP contribution is -2.06. The maximum atomic E-state index is 12.2. The van der Waals surface area contributed by atoms with E-state index in [0.717, 1.165) is 12.2 Å². The molecule has 0 atom stereocenters. The van der Waals surface area contributed by atoms with Gasteiger partial charge in [-0.2, -0.15) is 5.10 Å². The number of hydrogen-bond acceptors (Lipinski definition) is 4. The van der Waals surface area contributed by atoms with Gasteiger partial charge in [-0.05, 0) is 30.7 Å². The molecular formula is C14H17N3O2. The molecular weight excluding hydrogens is 242 g/mol. The summed E-state index contributed by atoms with van der Waals surface area (Å²) in [5.74, 6) is 1.00. The van der Waals surface area contributed by atoms with Crippen LogP contribution in [0.3, 0.4) is 0 Å². The summed E-state index contributed by atoms with van der Waals surface area (Å²) in [4.78, 5) is 12.2. The van der Waals surface area contributed by atoms with Crippen LogP contribution in [-0.4, -0.2) is 22.2 Å². The molecule has 100 valence electrons. The zero-order valence-electron chi connectivity index (χ0n) is 11.1. The predicted molar refractivity (Wildman–Crippen MR) is 73.3 cm³/mol. The number of rotatable bonds is 5. The molecule has 5 nitrogen and oxygen atoms in total. The quantitative estimate of drug-likeness (QED) is 0.834. The van der Waals surface area contributed by atoms with Crippen LogP contribution in [0.5, 0.6) is 5.75 Å². The predicted octanol–water partition coefficient (Wildman–Crippen LogP) is 2.02. The van der Waals surface area contributed by atoms with Crippen LogP contribution in [0.25, 0.3) is 0 Å². The van der Waals surface area contributed by atoms with Crippen LogP contribution >= 0.6 is 0 Å². The van der Waals surface area contributed by atoms with E-state index in [2.05, 4.69) is 5.10 Å². The number of nitrogens with zero attached hydrogens (tertiary/aromatic N) is 2. The molecule has 0 saturated heterocycles. The molecule has 2 N–H and O–H groups in total. The largest absolute Gasteiger partial charge is 0.494 e. The maximum absolute atomic E-state index is 12.2. The van der Waals surface area contributed by atoms with Crippen molar-refractivity contribution in [1.82, 2.24) is 9.78 Å². The lowest BCUT2D eigenvalue weighted by molar-refractivity contribution is 0.103. The number of hydrogen-bond donors (Lipinski definition) is 1. The summed E-state index contributed by atoms with van der Waals surface area (Å²) < 4.78 is 6.95. The number of anilines is 1. The molecule has 0 spiro atoms. The van der Waals surface area contributed by atoms with Crippen LogP contribution in [0.1, 0.15) is 29.3 Å². The van der Waals surface area contributed by atoms with Gasteiger partial charge in [0.15, 0.2) is 5.78 Å². The first-order valence-electron chi connectivity index (χ1n) is 6.18. The van der Waals surface area contributed by atoms with Crippen molar-refractivity contribution < 1.29 is 9.53 Å². The molecule has 5 heteroatoms. The lowest BCUT2D eigenvalue weighted by Gasteiger charge is -2.05. The molecule has 1 aromatic heterocycles. The van der Waals surface area contributed by atoms with Crippen LogP contribution < -0.4 is 10.5 Å². The van der Waals surface area contributed by atoms with Crippen LogP contribution in [0.2, 0.25) is 0 Å². The van der Waals surface area contributed by atoms with Gasteiger partial charge in [-0.15, -0.1) is 0 Å². The SMILES string of the molecule is CCCOc1ccc(C(=O)c2cnn(C)c2N)cc1. The summed E-state index contributed by atoms with van der Waals surface area (Å²) >= 11 is 0.